The van der Waals surface area contributed by atoms with Crippen molar-refractivity contribution in [1.29, 1.82) is 0 Å². The molecule has 1 heterocycles. The Hall–Kier alpha value is -3.06. The summed E-state index contributed by atoms with van der Waals surface area (Å²) in [5.74, 6) is 0. The van der Waals surface area contributed by atoms with Crippen molar-refractivity contribution in [2.24, 2.45) is 0 Å². The van der Waals surface area contributed by atoms with Crippen molar-refractivity contribution in [3.8, 4) is 11.1 Å². The molecule has 4 aromatic rings. The molecule has 0 bridgehead atoms. The first-order valence-electron chi connectivity index (χ1n) is 10.8. The van der Waals surface area contributed by atoms with Gasteiger partial charge in [-0.05, 0) is 73.7 Å². The minimum atomic E-state index is -0.160. The Morgan fingerprint density at radius 2 is 1.33 bits per heavy atom. The Bertz CT molecular complexity index is 1250. The van der Waals surface area contributed by atoms with Crippen LogP contribution in [0.25, 0.3) is 21.9 Å². The fraction of sp³-hybridized carbons (Fsp3) is 0.241. The number of benzene rings is 4. The summed E-state index contributed by atoms with van der Waals surface area (Å²) >= 11 is 0. The van der Waals surface area contributed by atoms with Gasteiger partial charge in [0.2, 0.25) is 0 Å². The highest BCUT2D eigenvalue weighted by atomic mass is 15.3. The molecule has 30 heavy (non-hydrogen) atoms. The Labute approximate surface area is 180 Å². The van der Waals surface area contributed by atoms with Crippen LogP contribution in [-0.2, 0) is 11.1 Å². The van der Waals surface area contributed by atoms with E-state index >= 15 is 0 Å². The van der Waals surface area contributed by atoms with Gasteiger partial charge in [-0.25, -0.2) is 0 Å². The molecule has 0 spiro atoms. The van der Waals surface area contributed by atoms with Gasteiger partial charge >= 0.3 is 0 Å². The largest absolute Gasteiger partial charge is 0.353 e. The Kier molecular flexibility index (Phi) is 4.08. The van der Waals surface area contributed by atoms with Crippen LogP contribution in [0.4, 0.5) is 5.69 Å². The van der Waals surface area contributed by atoms with Crippen LogP contribution in [-0.4, -0.2) is 0 Å². The second-order valence-corrected chi connectivity index (χ2v) is 9.50. The van der Waals surface area contributed by atoms with Crippen molar-refractivity contribution in [3.05, 3.63) is 102 Å². The minimum Gasteiger partial charge on any atom is -0.353 e. The van der Waals surface area contributed by atoms with Crippen LogP contribution >= 0.6 is 0 Å². The van der Waals surface area contributed by atoms with Crippen LogP contribution < -0.4 is 4.90 Å². The van der Waals surface area contributed by atoms with Crippen molar-refractivity contribution in [1.82, 2.24) is 0 Å². The molecular weight excluding hydrogens is 362 g/mol. The molecule has 0 amide bonds. The summed E-state index contributed by atoms with van der Waals surface area (Å²) in [5, 5.41) is 2.77. The van der Waals surface area contributed by atoms with E-state index in [1.807, 2.05) is 0 Å². The smallest absolute Gasteiger partial charge is 0.0615 e. The maximum absolute atomic E-state index is 2.65. The molecule has 0 N–H and O–H groups in total. The third kappa shape index (κ3) is 2.55. The SMILES string of the molecule is Cc1ccc2cccc3c2c1C(C)(C)N(c1ccccc1-c1ccccc1)C3(C)C. The molecule has 0 atom stereocenters. The summed E-state index contributed by atoms with van der Waals surface area (Å²) in [6.45, 7) is 11.8. The van der Waals surface area contributed by atoms with E-state index in [-0.39, 0.29) is 11.1 Å². The molecule has 4 aromatic carbocycles. The molecule has 0 aliphatic carbocycles. The van der Waals surface area contributed by atoms with Gasteiger partial charge < -0.3 is 4.90 Å². The molecule has 150 valence electrons. The fourth-order valence-corrected chi connectivity index (χ4v) is 5.85. The summed E-state index contributed by atoms with van der Waals surface area (Å²) in [6, 6.07) is 30.9. The lowest BCUT2D eigenvalue weighted by atomic mass is 9.71. The van der Waals surface area contributed by atoms with Gasteiger partial charge in [0, 0.05) is 11.3 Å². The summed E-state index contributed by atoms with van der Waals surface area (Å²) < 4.78 is 0. The van der Waals surface area contributed by atoms with Crippen molar-refractivity contribution in [3.63, 3.8) is 0 Å². The first-order valence-corrected chi connectivity index (χ1v) is 10.8. The number of aryl methyl sites for hydroxylation is 1. The van der Waals surface area contributed by atoms with Gasteiger partial charge in [0.05, 0.1) is 11.1 Å². The van der Waals surface area contributed by atoms with Gasteiger partial charge in [0.15, 0.2) is 0 Å². The van der Waals surface area contributed by atoms with Crippen LogP contribution in [0.2, 0.25) is 0 Å². The highest BCUT2D eigenvalue weighted by Gasteiger charge is 2.47. The highest BCUT2D eigenvalue weighted by Crippen LogP contribution is 2.53. The second kappa shape index (κ2) is 6.47. The van der Waals surface area contributed by atoms with Gasteiger partial charge in [0.25, 0.3) is 0 Å². The van der Waals surface area contributed by atoms with E-state index in [2.05, 4.69) is 124 Å². The van der Waals surface area contributed by atoms with Crippen molar-refractivity contribution in [2.45, 2.75) is 45.7 Å². The van der Waals surface area contributed by atoms with E-state index in [1.165, 1.54) is 44.3 Å². The number of hydrogen-bond donors (Lipinski definition) is 0. The van der Waals surface area contributed by atoms with Gasteiger partial charge in [-0.3, -0.25) is 0 Å². The third-order valence-electron chi connectivity index (χ3n) is 6.87. The van der Waals surface area contributed by atoms with Gasteiger partial charge in [-0.1, -0.05) is 78.9 Å². The van der Waals surface area contributed by atoms with Crippen molar-refractivity contribution < 1.29 is 0 Å². The summed E-state index contributed by atoms with van der Waals surface area (Å²) in [7, 11) is 0. The van der Waals surface area contributed by atoms with E-state index in [4.69, 9.17) is 0 Å². The molecular formula is C29H29N. The Balaban J connectivity index is 1.85. The van der Waals surface area contributed by atoms with Crippen molar-refractivity contribution >= 4 is 16.5 Å². The molecule has 0 saturated carbocycles. The molecule has 1 nitrogen and oxygen atoms in total. The van der Waals surface area contributed by atoms with Gasteiger partial charge in [-0.15, -0.1) is 0 Å². The number of anilines is 1. The summed E-state index contributed by atoms with van der Waals surface area (Å²) in [5.41, 5.74) is 7.71. The van der Waals surface area contributed by atoms with Gasteiger partial charge in [-0.2, -0.15) is 0 Å². The molecule has 5 rings (SSSR count). The van der Waals surface area contributed by atoms with E-state index in [0.29, 0.717) is 0 Å². The molecule has 0 aromatic heterocycles. The van der Waals surface area contributed by atoms with Gasteiger partial charge in [0.1, 0.15) is 0 Å². The number of rotatable bonds is 2. The van der Waals surface area contributed by atoms with Crippen molar-refractivity contribution in [2.75, 3.05) is 4.90 Å². The molecule has 1 aliphatic rings. The van der Waals surface area contributed by atoms with Crippen LogP contribution in [0, 0.1) is 6.92 Å². The van der Waals surface area contributed by atoms with E-state index in [0.717, 1.165) is 0 Å². The maximum Gasteiger partial charge on any atom is 0.0615 e. The van der Waals surface area contributed by atoms with Crippen LogP contribution in [0.3, 0.4) is 0 Å². The lowest BCUT2D eigenvalue weighted by Crippen LogP contribution is -2.55. The number of para-hydroxylation sites is 1. The lowest BCUT2D eigenvalue weighted by Gasteiger charge is -2.56. The van der Waals surface area contributed by atoms with E-state index in [9.17, 15) is 0 Å². The monoisotopic (exact) mass is 391 g/mol. The Morgan fingerprint density at radius 3 is 2.10 bits per heavy atom. The number of nitrogens with zero attached hydrogens (tertiary/aromatic N) is 1. The predicted octanol–water partition coefficient (Wildman–Crippen LogP) is 7.81. The average Bonchev–Trinajstić information content (AvgIpc) is 2.73. The first-order chi connectivity index (χ1) is 14.3. The summed E-state index contributed by atoms with van der Waals surface area (Å²) in [6.07, 6.45) is 0. The molecule has 0 saturated heterocycles. The molecule has 0 fully saturated rings. The highest BCUT2D eigenvalue weighted by molar-refractivity contribution is 5.95. The third-order valence-corrected chi connectivity index (χ3v) is 6.87. The predicted molar refractivity (Wildman–Crippen MR) is 129 cm³/mol. The van der Waals surface area contributed by atoms with E-state index < -0.39 is 0 Å². The standard InChI is InChI=1S/C29H29N/c1-20-18-19-22-14-11-16-24-26(22)27(20)29(4,5)30(28(24,2)3)25-17-10-9-15-23(25)21-12-7-6-8-13-21/h6-19H,1-5H3. The molecule has 1 aliphatic heterocycles. The number of hydrogen-bond acceptors (Lipinski definition) is 1. The minimum absolute atomic E-state index is 0.158. The quantitative estimate of drug-likeness (QED) is 0.337. The molecule has 1 heteroatoms. The second-order valence-electron chi connectivity index (χ2n) is 9.50. The maximum atomic E-state index is 2.65. The van der Waals surface area contributed by atoms with E-state index in [1.54, 1.807) is 0 Å². The topological polar surface area (TPSA) is 3.24 Å². The normalized spacial score (nSPS) is 16.6. The van der Waals surface area contributed by atoms with Crippen LogP contribution in [0.15, 0.2) is 84.9 Å². The zero-order valence-corrected chi connectivity index (χ0v) is 18.5. The average molecular weight is 392 g/mol. The van der Waals surface area contributed by atoms with Crippen LogP contribution in [0.1, 0.15) is 44.4 Å². The molecule has 0 radical (unpaired) electrons. The van der Waals surface area contributed by atoms with Crippen LogP contribution in [0.5, 0.6) is 0 Å². The lowest BCUT2D eigenvalue weighted by molar-refractivity contribution is 0.342. The zero-order chi connectivity index (χ0) is 21.1. The first kappa shape index (κ1) is 18.9. The summed E-state index contributed by atoms with van der Waals surface area (Å²) in [4.78, 5) is 2.65. The molecule has 0 unspecified atom stereocenters. The zero-order valence-electron chi connectivity index (χ0n) is 18.5. The Morgan fingerprint density at radius 1 is 0.633 bits per heavy atom. The fourth-order valence-electron chi connectivity index (χ4n) is 5.85.